The van der Waals surface area contributed by atoms with Crippen LogP contribution in [0.4, 0.5) is 5.13 Å². The van der Waals surface area contributed by atoms with Crippen molar-refractivity contribution in [3.05, 3.63) is 64.7 Å². The van der Waals surface area contributed by atoms with Crippen LogP contribution in [0.2, 0.25) is 0 Å². The van der Waals surface area contributed by atoms with Crippen LogP contribution >= 0.6 is 36.2 Å². The fourth-order valence-electron chi connectivity index (χ4n) is 2.72. The number of hydrogen-bond donors (Lipinski definition) is 2. The topological polar surface area (TPSA) is 85.8 Å². The monoisotopic (exact) mass is 441 g/mol. The minimum atomic E-state index is -0.663. The predicted octanol–water partition coefficient (Wildman–Crippen LogP) is 3.61. The highest BCUT2D eigenvalue weighted by Crippen LogP contribution is 2.22. The van der Waals surface area contributed by atoms with Gasteiger partial charge in [-0.2, -0.15) is 0 Å². The van der Waals surface area contributed by atoms with Crippen LogP contribution in [0.1, 0.15) is 28.8 Å². The van der Waals surface area contributed by atoms with Crippen molar-refractivity contribution in [3.63, 3.8) is 0 Å². The van der Waals surface area contributed by atoms with Crippen LogP contribution in [0, 0.1) is 6.92 Å². The van der Waals surface area contributed by atoms with Gasteiger partial charge in [-0.1, -0.05) is 37.3 Å². The van der Waals surface area contributed by atoms with Crippen LogP contribution in [-0.2, 0) is 24.2 Å². The van der Waals surface area contributed by atoms with Gasteiger partial charge in [-0.25, -0.2) is 9.97 Å². The minimum Gasteiger partial charge on any atom is -0.333 e. The summed E-state index contributed by atoms with van der Waals surface area (Å²) in [4.78, 5) is 22.2. The highest BCUT2D eigenvalue weighted by molar-refractivity contribution is 7.15. The van der Waals surface area contributed by atoms with E-state index in [1.807, 2.05) is 42.8 Å². The summed E-state index contributed by atoms with van der Waals surface area (Å²) in [5.41, 5.74) is 9.06. The molecule has 0 saturated heterocycles. The summed E-state index contributed by atoms with van der Waals surface area (Å²) in [7, 11) is 0. The molecule has 3 N–H and O–H groups in total. The fraction of sp³-hybridized carbons (Fsp3) is 0.316. The van der Waals surface area contributed by atoms with Crippen LogP contribution in [0.5, 0.6) is 0 Å². The lowest BCUT2D eigenvalue weighted by atomic mass is 10.1. The number of aromatic nitrogens is 3. The Bertz CT molecular complexity index is 882. The van der Waals surface area contributed by atoms with E-state index in [1.165, 1.54) is 16.9 Å². The van der Waals surface area contributed by atoms with Crippen molar-refractivity contribution in [3.8, 4) is 0 Å². The molecule has 3 rings (SSSR count). The number of rotatable bonds is 7. The van der Waals surface area contributed by atoms with Gasteiger partial charge in [0.2, 0.25) is 5.91 Å². The standard InChI is InChI=1S/C19H23N5OS.2ClH/c1-3-17-13(2)26-19(22-17)23-18(25)16(20)9-15-11-24(12-21-15)10-14-7-5-4-6-8-14;;/h4-8,11-12,16H,3,9-10,20H2,1-2H3,(H,22,23,25);2*1H/t16-;;/m0../s1. The predicted molar refractivity (Wildman–Crippen MR) is 119 cm³/mol. The first-order chi connectivity index (χ1) is 12.5. The second kappa shape index (κ2) is 11.2. The highest BCUT2D eigenvalue weighted by Gasteiger charge is 2.18. The first-order valence-electron chi connectivity index (χ1n) is 8.62. The van der Waals surface area contributed by atoms with Gasteiger partial charge in [0.15, 0.2) is 5.13 Å². The number of benzene rings is 1. The molecule has 152 valence electrons. The maximum Gasteiger partial charge on any atom is 0.243 e. The zero-order valence-corrected chi connectivity index (χ0v) is 18.2. The molecular weight excluding hydrogens is 417 g/mol. The summed E-state index contributed by atoms with van der Waals surface area (Å²) >= 11 is 1.48. The molecule has 1 aromatic carbocycles. The first-order valence-corrected chi connectivity index (χ1v) is 9.44. The van der Waals surface area contributed by atoms with Crippen LogP contribution in [0.15, 0.2) is 42.9 Å². The van der Waals surface area contributed by atoms with Crippen molar-refractivity contribution in [2.45, 2.75) is 39.3 Å². The molecule has 6 nitrogen and oxygen atoms in total. The molecule has 2 heterocycles. The number of nitrogens with one attached hydrogen (secondary N) is 1. The largest absolute Gasteiger partial charge is 0.333 e. The van der Waals surface area contributed by atoms with E-state index in [1.54, 1.807) is 6.33 Å². The highest BCUT2D eigenvalue weighted by atomic mass is 35.5. The quantitative estimate of drug-likeness (QED) is 0.586. The van der Waals surface area contributed by atoms with E-state index in [2.05, 4.69) is 27.4 Å². The molecule has 0 unspecified atom stereocenters. The van der Waals surface area contributed by atoms with E-state index in [0.717, 1.165) is 29.2 Å². The Balaban J connectivity index is 0.00000196. The molecule has 28 heavy (non-hydrogen) atoms. The number of carbonyl (C=O) groups is 1. The molecule has 1 atom stereocenters. The van der Waals surface area contributed by atoms with Crippen molar-refractivity contribution >= 4 is 47.2 Å². The van der Waals surface area contributed by atoms with Gasteiger partial charge in [0.05, 0.1) is 23.8 Å². The third-order valence-electron chi connectivity index (χ3n) is 4.12. The van der Waals surface area contributed by atoms with Crippen LogP contribution in [0.25, 0.3) is 0 Å². The maximum atomic E-state index is 12.3. The number of amides is 1. The number of hydrogen-bond acceptors (Lipinski definition) is 5. The Labute approximate surface area is 181 Å². The van der Waals surface area contributed by atoms with Gasteiger partial charge in [0.1, 0.15) is 0 Å². The number of halogens is 2. The Morgan fingerprint density at radius 1 is 1.29 bits per heavy atom. The molecule has 0 radical (unpaired) electrons. The van der Waals surface area contributed by atoms with E-state index >= 15 is 0 Å². The lowest BCUT2D eigenvalue weighted by Gasteiger charge is -2.09. The van der Waals surface area contributed by atoms with Gasteiger partial charge in [-0.15, -0.1) is 36.2 Å². The second-order valence-corrected chi connectivity index (χ2v) is 7.40. The SMILES string of the molecule is CCc1nc(NC(=O)[C@@H](N)Cc2cn(Cc3ccccc3)cn2)sc1C.Cl.Cl. The molecule has 9 heteroatoms. The van der Waals surface area contributed by atoms with Gasteiger partial charge in [0, 0.05) is 24.0 Å². The maximum absolute atomic E-state index is 12.3. The van der Waals surface area contributed by atoms with Crippen LogP contribution < -0.4 is 11.1 Å². The summed E-state index contributed by atoms with van der Waals surface area (Å²) in [6.45, 7) is 4.80. The molecule has 0 fully saturated rings. The molecule has 0 spiro atoms. The smallest absolute Gasteiger partial charge is 0.243 e. The Hall–Kier alpha value is -1.93. The summed E-state index contributed by atoms with van der Waals surface area (Å²) in [6, 6.07) is 9.49. The molecule has 3 aromatic rings. The Morgan fingerprint density at radius 2 is 2.00 bits per heavy atom. The number of nitrogens with two attached hydrogens (primary N) is 1. The lowest BCUT2D eigenvalue weighted by molar-refractivity contribution is -0.117. The zero-order valence-electron chi connectivity index (χ0n) is 15.8. The summed E-state index contributed by atoms with van der Waals surface area (Å²) in [6.07, 6.45) is 4.94. The summed E-state index contributed by atoms with van der Waals surface area (Å²) in [5.74, 6) is -0.237. The van der Waals surface area contributed by atoms with Gasteiger partial charge >= 0.3 is 0 Å². The van der Waals surface area contributed by atoms with E-state index < -0.39 is 6.04 Å². The van der Waals surface area contributed by atoms with Crippen molar-refractivity contribution < 1.29 is 4.79 Å². The van der Waals surface area contributed by atoms with Crippen LogP contribution in [0.3, 0.4) is 0 Å². The molecule has 0 aliphatic carbocycles. The number of thiazole rings is 1. The summed E-state index contributed by atoms with van der Waals surface area (Å²) in [5, 5.41) is 3.42. The number of nitrogens with zero attached hydrogens (tertiary/aromatic N) is 3. The number of aryl methyl sites for hydroxylation is 2. The van der Waals surface area contributed by atoms with Gasteiger partial charge in [-0.05, 0) is 18.9 Å². The number of anilines is 1. The molecule has 0 bridgehead atoms. The van der Waals surface area contributed by atoms with E-state index in [-0.39, 0.29) is 30.7 Å². The first kappa shape index (κ1) is 24.1. The molecule has 2 aromatic heterocycles. The third-order valence-corrected chi connectivity index (χ3v) is 5.05. The molecule has 0 aliphatic heterocycles. The van der Waals surface area contributed by atoms with Crippen molar-refractivity contribution in [1.82, 2.24) is 14.5 Å². The lowest BCUT2D eigenvalue weighted by Crippen LogP contribution is -2.37. The Morgan fingerprint density at radius 3 is 2.64 bits per heavy atom. The normalized spacial score (nSPS) is 11.2. The average molecular weight is 442 g/mol. The van der Waals surface area contributed by atoms with E-state index in [9.17, 15) is 4.79 Å². The van der Waals surface area contributed by atoms with E-state index in [4.69, 9.17) is 5.73 Å². The summed E-state index contributed by atoms with van der Waals surface area (Å²) < 4.78 is 1.99. The number of imidazole rings is 1. The van der Waals surface area contributed by atoms with Crippen molar-refractivity contribution in [2.75, 3.05) is 5.32 Å². The molecule has 1 amide bonds. The Kier molecular flexibility index (Phi) is 9.61. The molecule has 0 aliphatic rings. The number of carbonyl (C=O) groups excluding carboxylic acids is 1. The third kappa shape index (κ3) is 6.31. The van der Waals surface area contributed by atoms with E-state index in [0.29, 0.717) is 11.6 Å². The average Bonchev–Trinajstić information content (AvgIpc) is 3.21. The van der Waals surface area contributed by atoms with Crippen LogP contribution in [-0.4, -0.2) is 26.5 Å². The van der Waals surface area contributed by atoms with Gasteiger partial charge < -0.3 is 15.6 Å². The minimum absolute atomic E-state index is 0. The van der Waals surface area contributed by atoms with Crippen molar-refractivity contribution in [2.24, 2.45) is 5.73 Å². The molecule has 0 saturated carbocycles. The molecular formula is C19H25Cl2N5OS. The van der Waals surface area contributed by atoms with Crippen molar-refractivity contribution in [1.29, 1.82) is 0 Å². The zero-order chi connectivity index (χ0) is 18.5. The second-order valence-electron chi connectivity index (χ2n) is 6.20. The van der Waals surface area contributed by atoms with Gasteiger partial charge in [-0.3, -0.25) is 4.79 Å². The fourth-order valence-corrected chi connectivity index (χ4v) is 3.62. The van der Waals surface area contributed by atoms with Gasteiger partial charge in [0.25, 0.3) is 0 Å².